The molecule has 0 spiro atoms. The summed E-state index contributed by atoms with van der Waals surface area (Å²) in [6.45, 7) is 3.02. The highest BCUT2D eigenvalue weighted by atomic mass is 35.5. The Kier molecular flexibility index (Phi) is 13.4. The molecular formula is C32H22Cl3F6NO9. The first kappa shape index (κ1) is 40.5. The number of aliphatic carboxylic acids is 1. The molecule has 19 heteroatoms. The van der Waals surface area contributed by atoms with E-state index in [-0.39, 0.29) is 61.7 Å². The fourth-order valence-electron chi connectivity index (χ4n) is 3.75. The highest BCUT2D eigenvalue weighted by Crippen LogP contribution is 2.39. The molecule has 0 unspecified atom stereocenters. The molecule has 0 aliphatic carbocycles. The Labute approximate surface area is 299 Å². The summed E-state index contributed by atoms with van der Waals surface area (Å²) in [7, 11) is 0. The molecule has 0 radical (unpaired) electrons. The van der Waals surface area contributed by atoms with E-state index in [1.54, 1.807) is 6.92 Å². The Balaban J connectivity index is 0.000000277. The van der Waals surface area contributed by atoms with Gasteiger partial charge in [-0.25, -0.2) is 9.59 Å². The van der Waals surface area contributed by atoms with Crippen LogP contribution in [-0.2, 0) is 21.9 Å². The molecule has 0 saturated carbocycles. The fraction of sp³-hybridized carbons (Fsp3) is 0.188. The zero-order chi connectivity index (χ0) is 38.3. The van der Waals surface area contributed by atoms with Gasteiger partial charge in [0.15, 0.2) is 6.10 Å². The molecular weight excluding hydrogens is 763 g/mol. The van der Waals surface area contributed by atoms with E-state index in [2.05, 4.69) is 0 Å². The lowest BCUT2D eigenvalue weighted by atomic mass is 10.2. The molecule has 1 atom stereocenters. The molecule has 1 N–H and O–H groups in total. The number of carboxylic acid groups (broad SMARTS) is 1. The quantitative estimate of drug-likeness (QED) is 0.0721. The summed E-state index contributed by atoms with van der Waals surface area (Å²) in [6.07, 6.45) is -10.5. The van der Waals surface area contributed by atoms with Crippen LogP contribution in [0.15, 0.2) is 72.8 Å². The maximum atomic E-state index is 12.7. The second-order valence-corrected chi connectivity index (χ2v) is 11.1. The van der Waals surface area contributed by atoms with Gasteiger partial charge in [0.25, 0.3) is 0 Å². The van der Waals surface area contributed by atoms with Crippen LogP contribution in [0, 0.1) is 10.1 Å². The van der Waals surface area contributed by atoms with Gasteiger partial charge in [0.05, 0.1) is 43.3 Å². The number of ether oxygens (including phenoxy) is 4. The number of nitro groups is 1. The molecule has 0 aromatic heterocycles. The molecule has 51 heavy (non-hydrogen) atoms. The minimum absolute atomic E-state index is 0.0111. The van der Waals surface area contributed by atoms with Crippen molar-refractivity contribution < 1.29 is 64.9 Å². The van der Waals surface area contributed by atoms with E-state index >= 15 is 0 Å². The minimum Gasteiger partial charge on any atom is -0.487 e. The van der Waals surface area contributed by atoms with Crippen LogP contribution in [0.4, 0.5) is 32.0 Å². The summed E-state index contributed by atoms with van der Waals surface area (Å²) in [6, 6.07) is 12.7. The van der Waals surface area contributed by atoms with Gasteiger partial charge >= 0.3 is 30.0 Å². The van der Waals surface area contributed by atoms with Gasteiger partial charge in [-0.15, -0.1) is 0 Å². The summed E-state index contributed by atoms with van der Waals surface area (Å²) in [5.41, 5.74) is -2.27. The molecule has 4 rings (SSSR count). The van der Waals surface area contributed by atoms with E-state index < -0.39 is 46.4 Å². The number of hydrogen-bond acceptors (Lipinski definition) is 8. The number of halogens is 9. The standard InChI is InChI=1S/C17H11Cl2F3O5.C15H11ClF3NO4/c1-8(15(23)24)26-16(25)11-7-10(3-4-12(11)18)27-14-5-2-9(6-13(14)19)17(20,21)22;1-2-23-14-8-10(4-5-12(14)20(21)22)24-13-6-3-9(7-11(13)16)15(17,18)19/h2-8H,1H3,(H,23,24);3-8H,2H2,1H3/t8-;/m0./s1. The van der Waals surface area contributed by atoms with Crippen molar-refractivity contribution in [1.82, 2.24) is 0 Å². The van der Waals surface area contributed by atoms with Crippen molar-refractivity contribution in [2.45, 2.75) is 32.3 Å². The largest absolute Gasteiger partial charge is 0.487 e. The monoisotopic (exact) mass is 783 g/mol. The van der Waals surface area contributed by atoms with Crippen LogP contribution >= 0.6 is 34.8 Å². The molecule has 0 heterocycles. The lowest BCUT2D eigenvalue weighted by Crippen LogP contribution is -2.23. The number of alkyl halides is 6. The fourth-order valence-corrected chi connectivity index (χ4v) is 4.39. The number of nitro benzene ring substituents is 1. The topological polar surface area (TPSA) is 134 Å². The summed E-state index contributed by atoms with van der Waals surface area (Å²) < 4.78 is 96.5. The predicted molar refractivity (Wildman–Crippen MR) is 171 cm³/mol. The number of carbonyl (C=O) groups is 2. The smallest absolute Gasteiger partial charge is 0.416 e. The van der Waals surface area contributed by atoms with E-state index in [4.69, 9.17) is 58.9 Å². The third-order valence-electron chi connectivity index (χ3n) is 6.19. The van der Waals surface area contributed by atoms with Gasteiger partial charge in [-0.2, -0.15) is 26.3 Å². The van der Waals surface area contributed by atoms with E-state index in [1.807, 2.05) is 0 Å². The Hall–Kier alpha value is -4.93. The van der Waals surface area contributed by atoms with Crippen LogP contribution in [0.2, 0.25) is 15.1 Å². The molecule has 4 aromatic carbocycles. The number of rotatable bonds is 10. The molecule has 0 saturated heterocycles. The SMILES string of the molecule is CCOc1cc(Oc2ccc(C(F)(F)F)cc2Cl)ccc1[N+](=O)[O-].C[C@H](OC(=O)c1cc(Oc2ccc(C(F)(F)F)cc2Cl)ccc1Cl)C(=O)O. The van der Waals surface area contributed by atoms with Crippen LogP contribution in [0.1, 0.15) is 35.3 Å². The van der Waals surface area contributed by atoms with E-state index in [0.717, 1.165) is 43.3 Å². The highest BCUT2D eigenvalue weighted by molar-refractivity contribution is 6.34. The molecule has 0 aliphatic heterocycles. The van der Waals surface area contributed by atoms with Gasteiger partial charge in [-0.3, -0.25) is 10.1 Å². The lowest BCUT2D eigenvalue weighted by Gasteiger charge is -2.13. The average molecular weight is 785 g/mol. The van der Waals surface area contributed by atoms with Gasteiger partial charge in [0, 0.05) is 12.1 Å². The van der Waals surface area contributed by atoms with Gasteiger partial charge in [0.2, 0.25) is 5.75 Å². The van der Waals surface area contributed by atoms with Crippen LogP contribution < -0.4 is 14.2 Å². The predicted octanol–water partition coefficient (Wildman–Crippen LogP) is 10.9. The van der Waals surface area contributed by atoms with Gasteiger partial charge in [0.1, 0.15) is 23.0 Å². The first-order valence-corrected chi connectivity index (χ1v) is 15.1. The normalized spacial score (nSPS) is 11.8. The maximum absolute atomic E-state index is 12.7. The van der Waals surface area contributed by atoms with E-state index in [0.29, 0.717) is 6.07 Å². The van der Waals surface area contributed by atoms with Gasteiger partial charge in [-0.05, 0) is 74.5 Å². The number of nitrogens with zero attached hydrogens (tertiary/aromatic N) is 1. The molecule has 0 amide bonds. The van der Waals surface area contributed by atoms with Crippen molar-refractivity contribution in [3.63, 3.8) is 0 Å². The zero-order valence-electron chi connectivity index (χ0n) is 25.8. The van der Waals surface area contributed by atoms with Crippen molar-refractivity contribution in [3.8, 4) is 28.7 Å². The van der Waals surface area contributed by atoms with Crippen molar-refractivity contribution in [1.29, 1.82) is 0 Å². The second kappa shape index (κ2) is 16.9. The molecule has 10 nitrogen and oxygen atoms in total. The van der Waals surface area contributed by atoms with Gasteiger partial charge < -0.3 is 24.1 Å². The minimum atomic E-state index is -4.56. The zero-order valence-corrected chi connectivity index (χ0v) is 28.0. The van der Waals surface area contributed by atoms with E-state index in [9.17, 15) is 46.0 Å². The Morgan fingerprint density at radius 2 is 1.25 bits per heavy atom. The van der Waals surface area contributed by atoms with Crippen LogP contribution in [-0.4, -0.2) is 34.7 Å². The number of carboxylic acids is 1. The van der Waals surface area contributed by atoms with Crippen molar-refractivity contribution in [2.75, 3.05) is 6.61 Å². The number of benzene rings is 4. The maximum Gasteiger partial charge on any atom is 0.416 e. The second-order valence-electron chi connectivity index (χ2n) is 9.84. The van der Waals surface area contributed by atoms with Crippen LogP contribution in [0.3, 0.4) is 0 Å². The molecule has 272 valence electrons. The summed E-state index contributed by atoms with van der Waals surface area (Å²) in [5, 5.41) is 19.1. The highest BCUT2D eigenvalue weighted by Gasteiger charge is 2.32. The van der Waals surface area contributed by atoms with E-state index in [1.165, 1.54) is 30.3 Å². The van der Waals surface area contributed by atoms with Gasteiger partial charge in [-0.1, -0.05) is 34.8 Å². The van der Waals surface area contributed by atoms with Crippen LogP contribution in [0.5, 0.6) is 28.7 Å². The first-order chi connectivity index (χ1) is 23.7. The number of carbonyl (C=O) groups excluding carboxylic acids is 1. The Bertz CT molecular complexity index is 1920. The Morgan fingerprint density at radius 1 is 0.765 bits per heavy atom. The number of esters is 1. The van der Waals surface area contributed by atoms with Crippen molar-refractivity contribution in [3.05, 3.63) is 115 Å². The van der Waals surface area contributed by atoms with Crippen molar-refractivity contribution >= 4 is 52.4 Å². The molecule has 4 aromatic rings. The molecule has 0 bridgehead atoms. The Morgan fingerprint density at radius 3 is 1.69 bits per heavy atom. The average Bonchev–Trinajstić information content (AvgIpc) is 3.03. The summed E-state index contributed by atoms with van der Waals surface area (Å²) in [4.78, 5) is 33.1. The molecule has 0 aliphatic rings. The lowest BCUT2D eigenvalue weighted by molar-refractivity contribution is -0.385. The third kappa shape index (κ3) is 11.3. The third-order valence-corrected chi connectivity index (χ3v) is 7.11. The first-order valence-electron chi connectivity index (χ1n) is 13.9. The number of hydrogen-bond donors (Lipinski definition) is 1. The molecule has 0 fully saturated rings. The van der Waals surface area contributed by atoms with Crippen LogP contribution in [0.25, 0.3) is 0 Å². The summed E-state index contributed by atoms with van der Waals surface area (Å²) >= 11 is 17.5. The summed E-state index contributed by atoms with van der Waals surface area (Å²) in [5.74, 6) is -2.27. The van der Waals surface area contributed by atoms with Crippen molar-refractivity contribution in [2.24, 2.45) is 0 Å².